The van der Waals surface area contributed by atoms with Gasteiger partial charge < -0.3 is 10.2 Å². The molecule has 2 fully saturated rings. The second kappa shape index (κ2) is 6.50. The third-order valence-electron chi connectivity index (χ3n) is 3.40. The number of carbonyl (C=O) groups is 1. The molecule has 0 aromatic rings. The smallest absolute Gasteiger partial charge is 0.232 e. The molecule has 0 unspecified atom stereocenters. The molecule has 92 valence electrons. The van der Waals surface area contributed by atoms with Crippen molar-refractivity contribution in [1.82, 2.24) is 10.2 Å². The molecule has 0 spiro atoms. The van der Waals surface area contributed by atoms with E-state index in [1.807, 2.05) is 11.8 Å². The second-order valence-electron chi connectivity index (χ2n) is 4.83. The van der Waals surface area contributed by atoms with Crippen molar-refractivity contribution in [3.63, 3.8) is 0 Å². The number of amides is 1. The molecule has 0 aliphatic carbocycles. The van der Waals surface area contributed by atoms with E-state index in [0.29, 0.717) is 11.7 Å². The molecule has 0 aromatic carbocycles. The van der Waals surface area contributed by atoms with Gasteiger partial charge in [0.05, 0.1) is 5.75 Å². The average Bonchev–Trinajstić information content (AvgIpc) is 2.49. The number of hydrogen-bond acceptors (Lipinski definition) is 3. The van der Waals surface area contributed by atoms with Gasteiger partial charge in [-0.3, -0.25) is 4.79 Å². The van der Waals surface area contributed by atoms with Crippen molar-refractivity contribution in [1.29, 1.82) is 0 Å². The molecule has 4 heteroatoms. The summed E-state index contributed by atoms with van der Waals surface area (Å²) in [4.78, 5) is 14.0. The average molecular weight is 242 g/mol. The molecule has 2 rings (SSSR count). The van der Waals surface area contributed by atoms with Crippen molar-refractivity contribution >= 4 is 17.7 Å². The molecule has 0 atom stereocenters. The number of likely N-dealkylation sites (tertiary alicyclic amines) is 1. The maximum atomic E-state index is 11.9. The van der Waals surface area contributed by atoms with E-state index < -0.39 is 0 Å². The summed E-state index contributed by atoms with van der Waals surface area (Å²) in [6.45, 7) is 4.27. The zero-order valence-corrected chi connectivity index (χ0v) is 10.7. The first-order valence-corrected chi connectivity index (χ1v) is 7.58. The first kappa shape index (κ1) is 12.2. The summed E-state index contributed by atoms with van der Waals surface area (Å²) >= 11 is 1.81. The van der Waals surface area contributed by atoms with Crippen LogP contribution in [0.15, 0.2) is 0 Å². The third kappa shape index (κ3) is 3.67. The predicted molar refractivity (Wildman–Crippen MR) is 68.7 cm³/mol. The standard InChI is InChI=1S/C12H22N2OS/c15-12(10-16-9-11-7-13-8-11)14-5-3-1-2-4-6-14/h11,13H,1-10H2. The first-order chi connectivity index (χ1) is 7.86. The van der Waals surface area contributed by atoms with Crippen LogP contribution in [0, 0.1) is 5.92 Å². The van der Waals surface area contributed by atoms with Gasteiger partial charge in [-0.05, 0) is 37.6 Å². The summed E-state index contributed by atoms with van der Waals surface area (Å²) in [6.07, 6.45) is 4.99. The molecule has 1 N–H and O–H groups in total. The second-order valence-corrected chi connectivity index (χ2v) is 5.86. The molecule has 0 radical (unpaired) electrons. The number of nitrogens with one attached hydrogen (secondary N) is 1. The first-order valence-electron chi connectivity index (χ1n) is 6.42. The number of thioether (sulfide) groups is 1. The Balaban J connectivity index is 1.61. The SMILES string of the molecule is O=C(CSCC1CNC1)N1CCCCCC1. The van der Waals surface area contributed by atoms with E-state index in [9.17, 15) is 4.79 Å². The fraction of sp³-hybridized carbons (Fsp3) is 0.917. The van der Waals surface area contributed by atoms with Crippen molar-refractivity contribution in [2.75, 3.05) is 37.7 Å². The van der Waals surface area contributed by atoms with Crippen LogP contribution in [-0.2, 0) is 4.79 Å². The number of nitrogens with zero attached hydrogens (tertiary/aromatic N) is 1. The van der Waals surface area contributed by atoms with Crippen LogP contribution >= 0.6 is 11.8 Å². The molecular formula is C12H22N2OS. The highest BCUT2D eigenvalue weighted by Crippen LogP contribution is 2.15. The van der Waals surface area contributed by atoms with Gasteiger partial charge in [-0.25, -0.2) is 0 Å². The van der Waals surface area contributed by atoms with Gasteiger partial charge in [0.2, 0.25) is 5.91 Å². The van der Waals surface area contributed by atoms with Crippen LogP contribution in [-0.4, -0.2) is 48.5 Å². The Labute approximate surface area is 102 Å². The Morgan fingerprint density at radius 2 is 1.88 bits per heavy atom. The molecule has 0 saturated carbocycles. The van der Waals surface area contributed by atoms with E-state index >= 15 is 0 Å². The fourth-order valence-corrected chi connectivity index (χ4v) is 3.23. The Morgan fingerprint density at radius 3 is 2.44 bits per heavy atom. The largest absolute Gasteiger partial charge is 0.342 e. The topological polar surface area (TPSA) is 32.3 Å². The Bertz CT molecular complexity index is 223. The minimum atomic E-state index is 0.360. The van der Waals surface area contributed by atoms with E-state index in [1.165, 1.54) is 25.7 Å². The monoisotopic (exact) mass is 242 g/mol. The molecule has 2 heterocycles. The fourth-order valence-electron chi connectivity index (χ4n) is 2.19. The lowest BCUT2D eigenvalue weighted by Crippen LogP contribution is -2.43. The lowest BCUT2D eigenvalue weighted by atomic mass is 10.1. The summed E-state index contributed by atoms with van der Waals surface area (Å²) in [7, 11) is 0. The number of rotatable bonds is 4. The highest BCUT2D eigenvalue weighted by Gasteiger charge is 2.19. The lowest BCUT2D eigenvalue weighted by molar-refractivity contribution is -0.128. The Hall–Kier alpha value is -0.220. The van der Waals surface area contributed by atoms with Crippen LogP contribution in [0.5, 0.6) is 0 Å². The minimum absolute atomic E-state index is 0.360. The van der Waals surface area contributed by atoms with Crippen LogP contribution in [0.4, 0.5) is 0 Å². The van der Waals surface area contributed by atoms with E-state index in [4.69, 9.17) is 0 Å². The summed E-state index contributed by atoms with van der Waals surface area (Å²) in [5.41, 5.74) is 0. The molecule has 0 aromatic heterocycles. The summed E-state index contributed by atoms with van der Waals surface area (Å²) in [5.74, 6) is 3.00. The Kier molecular flexibility index (Phi) is 4.97. The molecular weight excluding hydrogens is 220 g/mol. The van der Waals surface area contributed by atoms with E-state index in [0.717, 1.165) is 37.8 Å². The zero-order valence-electron chi connectivity index (χ0n) is 9.91. The zero-order chi connectivity index (χ0) is 11.2. The molecule has 2 aliphatic rings. The van der Waals surface area contributed by atoms with Gasteiger partial charge in [-0.2, -0.15) is 11.8 Å². The third-order valence-corrected chi connectivity index (χ3v) is 4.56. The Morgan fingerprint density at radius 1 is 1.19 bits per heavy atom. The molecule has 2 saturated heterocycles. The predicted octanol–water partition coefficient (Wildman–Crippen LogP) is 1.34. The quantitative estimate of drug-likeness (QED) is 0.807. The molecule has 2 aliphatic heterocycles. The van der Waals surface area contributed by atoms with Crippen LogP contribution in [0.3, 0.4) is 0 Å². The van der Waals surface area contributed by atoms with E-state index in [1.54, 1.807) is 0 Å². The summed E-state index contributed by atoms with van der Waals surface area (Å²) < 4.78 is 0. The van der Waals surface area contributed by atoms with Gasteiger partial charge in [0.25, 0.3) is 0 Å². The van der Waals surface area contributed by atoms with Gasteiger partial charge in [-0.15, -0.1) is 0 Å². The summed E-state index contributed by atoms with van der Waals surface area (Å²) in [5, 5.41) is 3.26. The molecule has 1 amide bonds. The maximum absolute atomic E-state index is 11.9. The van der Waals surface area contributed by atoms with Gasteiger partial charge >= 0.3 is 0 Å². The van der Waals surface area contributed by atoms with Crippen LogP contribution in [0.25, 0.3) is 0 Å². The highest BCUT2D eigenvalue weighted by atomic mass is 32.2. The van der Waals surface area contributed by atoms with Gasteiger partial charge in [0.1, 0.15) is 0 Å². The van der Waals surface area contributed by atoms with E-state index in [2.05, 4.69) is 10.2 Å². The summed E-state index contributed by atoms with van der Waals surface area (Å²) in [6, 6.07) is 0. The lowest BCUT2D eigenvalue weighted by Gasteiger charge is -2.27. The van der Waals surface area contributed by atoms with Gasteiger partial charge in [0, 0.05) is 13.1 Å². The van der Waals surface area contributed by atoms with Crippen LogP contribution in [0.1, 0.15) is 25.7 Å². The van der Waals surface area contributed by atoms with Gasteiger partial charge in [-0.1, -0.05) is 12.8 Å². The maximum Gasteiger partial charge on any atom is 0.232 e. The molecule has 0 bridgehead atoms. The molecule has 16 heavy (non-hydrogen) atoms. The number of carbonyl (C=O) groups excluding carboxylic acids is 1. The molecule has 3 nitrogen and oxygen atoms in total. The number of hydrogen-bond donors (Lipinski definition) is 1. The van der Waals surface area contributed by atoms with Crippen molar-refractivity contribution in [2.24, 2.45) is 5.92 Å². The van der Waals surface area contributed by atoms with E-state index in [-0.39, 0.29) is 0 Å². The van der Waals surface area contributed by atoms with Crippen molar-refractivity contribution in [2.45, 2.75) is 25.7 Å². The van der Waals surface area contributed by atoms with Crippen molar-refractivity contribution < 1.29 is 4.79 Å². The highest BCUT2D eigenvalue weighted by molar-refractivity contribution is 7.99. The van der Waals surface area contributed by atoms with Crippen LogP contribution in [0.2, 0.25) is 0 Å². The van der Waals surface area contributed by atoms with Crippen molar-refractivity contribution in [3.05, 3.63) is 0 Å². The van der Waals surface area contributed by atoms with Gasteiger partial charge in [0.15, 0.2) is 0 Å². The normalized spacial score (nSPS) is 22.6. The van der Waals surface area contributed by atoms with Crippen molar-refractivity contribution in [3.8, 4) is 0 Å². The van der Waals surface area contributed by atoms with Crippen LogP contribution < -0.4 is 5.32 Å². The minimum Gasteiger partial charge on any atom is -0.342 e.